The van der Waals surface area contributed by atoms with E-state index >= 15 is 0 Å². The summed E-state index contributed by atoms with van der Waals surface area (Å²) in [4.78, 5) is 30.6. The van der Waals surface area contributed by atoms with E-state index in [1.807, 2.05) is 0 Å². The predicted octanol–water partition coefficient (Wildman–Crippen LogP) is -0.803. The molecule has 0 fully saturated rings. The number of hydrogen-bond acceptors (Lipinski definition) is 6. The lowest BCUT2D eigenvalue weighted by Gasteiger charge is -2.19. The van der Waals surface area contributed by atoms with Crippen molar-refractivity contribution in [3.8, 4) is 0 Å². The second-order valence-electron chi connectivity index (χ2n) is 3.60. The fourth-order valence-corrected chi connectivity index (χ4v) is 1.47. The largest absolute Gasteiger partial charge is 0.549 e. The van der Waals surface area contributed by atoms with Crippen LogP contribution in [0.1, 0.15) is 17.0 Å². The smallest absolute Gasteiger partial charge is 0.416 e. The lowest BCUT2D eigenvalue weighted by molar-refractivity contribution is -0.386. The summed E-state index contributed by atoms with van der Waals surface area (Å²) in [5.74, 6) is -7.00. The van der Waals surface area contributed by atoms with Gasteiger partial charge in [0.25, 0.3) is 5.69 Å². The minimum Gasteiger partial charge on any atom is -0.549 e. The standard InChI is InChI=1S/C10H6F3NO6/c11-10(12,13)4-1-2-5(6(3-4)14(19)20)7(8(15)16)9(17)18/h1-3,7H,(H,15,16)(H,17,18)/p-2. The van der Waals surface area contributed by atoms with Crippen LogP contribution in [0.2, 0.25) is 0 Å². The molecular formula is C10H4F3NO6-2. The molecule has 0 aromatic heterocycles. The monoisotopic (exact) mass is 291 g/mol. The van der Waals surface area contributed by atoms with Gasteiger partial charge in [-0.05, 0) is 6.07 Å². The van der Waals surface area contributed by atoms with Gasteiger partial charge in [0.2, 0.25) is 0 Å². The van der Waals surface area contributed by atoms with E-state index in [-0.39, 0.29) is 6.07 Å². The van der Waals surface area contributed by atoms with Gasteiger partial charge in [0.15, 0.2) is 0 Å². The van der Waals surface area contributed by atoms with Crippen molar-refractivity contribution in [2.75, 3.05) is 0 Å². The Hall–Kier alpha value is -2.65. The summed E-state index contributed by atoms with van der Waals surface area (Å²) in [5.41, 5.74) is -3.66. The first-order chi connectivity index (χ1) is 9.05. The number of aliphatic carboxylic acids is 2. The second-order valence-corrected chi connectivity index (χ2v) is 3.60. The van der Waals surface area contributed by atoms with Crippen molar-refractivity contribution < 1.29 is 37.9 Å². The van der Waals surface area contributed by atoms with Gasteiger partial charge in [0.05, 0.1) is 28.3 Å². The first-order valence-electron chi connectivity index (χ1n) is 4.83. The predicted molar refractivity (Wildman–Crippen MR) is 50.9 cm³/mol. The Morgan fingerprint density at radius 1 is 1.15 bits per heavy atom. The molecule has 0 bridgehead atoms. The SMILES string of the molecule is O=C([O-])C(C(=O)[O-])c1ccc(C(F)(F)F)cc1[N+](=O)[O-]. The molecule has 0 unspecified atom stereocenters. The number of rotatable bonds is 4. The van der Waals surface area contributed by atoms with Crippen LogP contribution in [0.25, 0.3) is 0 Å². The Bertz CT molecular complexity index is 569. The average Bonchev–Trinajstić information content (AvgIpc) is 2.26. The number of carbonyl (C=O) groups excluding carboxylic acids is 2. The number of nitro benzene ring substituents is 1. The van der Waals surface area contributed by atoms with Crippen molar-refractivity contribution in [1.82, 2.24) is 0 Å². The normalized spacial score (nSPS) is 11.4. The topological polar surface area (TPSA) is 123 Å². The maximum Gasteiger partial charge on any atom is 0.416 e. The fraction of sp³-hybridized carbons (Fsp3) is 0.200. The van der Waals surface area contributed by atoms with Crippen LogP contribution < -0.4 is 10.2 Å². The molecule has 0 amide bonds. The van der Waals surface area contributed by atoms with Gasteiger partial charge in [-0.15, -0.1) is 0 Å². The molecule has 0 atom stereocenters. The van der Waals surface area contributed by atoms with E-state index in [9.17, 15) is 43.1 Å². The number of nitro groups is 1. The summed E-state index contributed by atoms with van der Waals surface area (Å²) in [5, 5.41) is 31.9. The molecule has 0 radical (unpaired) electrons. The highest BCUT2D eigenvalue weighted by Crippen LogP contribution is 2.35. The van der Waals surface area contributed by atoms with Crippen molar-refractivity contribution in [2.24, 2.45) is 0 Å². The molecule has 0 spiro atoms. The lowest BCUT2D eigenvalue weighted by Crippen LogP contribution is -2.41. The third-order valence-electron chi connectivity index (χ3n) is 2.34. The van der Waals surface area contributed by atoms with E-state index < -0.39 is 45.8 Å². The van der Waals surface area contributed by atoms with Crippen LogP contribution in [-0.2, 0) is 15.8 Å². The zero-order valence-corrected chi connectivity index (χ0v) is 9.34. The number of halogens is 3. The number of carboxylic acids is 2. The molecule has 0 aliphatic carbocycles. The third-order valence-corrected chi connectivity index (χ3v) is 2.34. The van der Waals surface area contributed by atoms with Gasteiger partial charge in [-0.1, -0.05) is 6.07 Å². The van der Waals surface area contributed by atoms with E-state index in [4.69, 9.17) is 0 Å². The molecule has 7 nitrogen and oxygen atoms in total. The van der Waals surface area contributed by atoms with E-state index in [2.05, 4.69) is 0 Å². The highest BCUT2D eigenvalue weighted by Gasteiger charge is 2.34. The molecule has 0 saturated heterocycles. The van der Waals surface area contributed by atoms with Gasteiger partial charge in [-0.3, -0.25) is 10.1 Å². The highest BCUT2D eigenvalue weighted by molar-refractivity contribution is 5.98. The van der Waals surface area contributed by atoms with Gasteiger partial charge < -0.3 is 19.8 Å². The first kappa shape index (κ1) is 15.4. The van der Waals surface area contributed by atoms with Gasteiger partial charge >= 0.3 is 6.18 Å². The molecule has 0 saturated carbocycles. The number of hydrogen-bond donors (Lipinski definition) is 0. The average molecular weight is 291 g/mol. The fourth-order valence-electron chi connectivity index (χ4n) is 1.47. The summed E-state index contributed by atoms with van der Waals surface area (Å²) in [7, 11) is 0. The zero-order valence-electron chi connectivity index (χ0n) is 9.34. The van der Waals surface area contributed by atoms with E-state index in [0.29, 0.717) is 12.1 Å². The van der Waals surface area contributed by atoms with Gasteiger partial charge in [-0.2, -0.15) is 13.2 Å². The quantitative estimate of drug-likeness (QED) is 0.406. The molecule has 1 aromatic rings. The number of benzene rings is 1. The maximum atomic E-state index is 12.4. The third kappa shape index (κ3) is 3.02. The number of carboxylic acid groups (broad SMARTS) is 2. The van der Waals surface area contributed by atoms with Gasteiger partial charge in [0.1, 0.15) is 0 Å². The Balaban J connectivity index is 3.52. The summed E-state index contributed by atoms with van der Waals surface area (Å²) < 4.78 is 37.2. The Morgan fingerprint density at radius 2 is 1.65 bits per heavy atom. The van der Waals surface area contributed by atoms with Crippen molar-refractivity contribution in [1.29, 1.82) is 0 Å². The summed E-state index contributed by atoms with van der Waals surface area (Å²) in [6.07, 6.45) is -4.90. The first-order valence-corrected chi connectivity index (χ1v) is 4.83. The van der Waals surface area contributed by atoms with Crippen LogP contribution in [0, 0.1) is 10.1 Å². The molecule has 108 valence electrons. The number of nitrogens with zero attached hydrogens (tertiary/aromatic N) is 1. The Morgan fingerprint density at radius 3 is 2.00 bits per heavy atom. The molecule has 0 N–H and O–H groups in total. The van der Waals surface area contributed by atoms with Crippen molar-refractivity contribution in [2.45, 2.75) is 12.1 Å². The van der Waals surface area contributed by atoms with Gasteiger partial charge in [-0.25, -0.2) is 0 Å². The molecule has 0 aliphatic heterocycles. The summed E-state index contributed by atoms with van der Waals surface area (Å²) in [6, 6.07) is 0.784. The zero-order chi connectivity index (χ0) is 15.7. The van der Waals surface area contributed by atoms with Crippen LogP contribution in [0.4, 0.5) is 18.9 Å². The van der Waals surface area contributed by atoms with E-state index in [1.54, 1.807) is 0 Å². The molecule has 1 rings (SSSR count). The Kier molecular flexibility index (Phi) is 3.97. The highest BCUT2D eigenvalue weighted by atomic mass is 19.4. The van der Waals surface area contributed by atoms with Gasteiger partial charge in [0, 0.05) is 11.6 Å². The molecule has 0 aliphatic rings. The van der Waals surface area contributed by atoms with Crippen LogP contribution >= 0.6 is 0 Å². The van der Waals surface area contributed by atoms with Crippen LogP contribution in [0.3, 0.4) is 0 Å². The van der Waals surface area contributed by atoms with Crippen molar-refractivity contribution >= 4 is 17.6 Å². The van der Waals surface area contributed by atoms with Crippen LogP contribution in [-0.4, -0.2) is 16.9 Å². The van der Waals surface area contributed by atoms with E-state index in [0.717, 1.165) is 0 Å². The summed E-state index contributed by atoms with van der Waals surface area (Å²) in [6.45, 7) is 0. The summed E-state index contributed by atoms with van der Waals surface area (Å²) >= 11 is 0. The molecule has 0 heterocycles. The minimum absolute atomic E-state index is 0.0498. The second kappa shape index (κ2) is 5.15. The maximum absolute atomic E-state index is 12.4. The molecule has 20 heavy (non-hydrogen) atoms. The minimum atomic E-state index is -4.90. The lowest BCUT2D eigenvalue weighted by atomic mass is 9.96. The van der Waals surface area contributed by atoms with E-state index in [1.165, 1.54) is 0 Å². The van der Waals surface area contributed by atoms with Crippen molar-refractivity contribution in [3.05, 3.63) is 39.4 Å². The molecule has 1 aromatic carbocycles. The number of carbonyl (C=O) groups is 2. The molecular weight excluding hydrogens is 287 g/mol. The number of alkyl halides is 3. The van der Waals surface area contributed by atoms with Crippen LogP contribution in [0.5, 0.6) is 0 Å². The van der Waals surface area contributed by atoms with Crippen LogP contribution in [0.15, 0.2) is 18.2 Å². The Labute approximate surface area is 108 Å². The van der Waals surface area contributed by atoms with Crippen molar-refractivity contribution in [3.63, 3.8) is 0 Å². The molecule has 10 heteroatoms.